The van der Waals surface area contributed by atoms with Gasteiger partial charge in [-0.3, -0.25) is 0 Å². The third kappa shape index (κ3) is 3.10. The lowest BCUT2D eigenvalue weighted by molar-refractivity contribution is 0.391. The van der Waals surface area contributed by atoms with Crippen LogP contribution in [0.15, 0.2) is 40.9 Å². The number of benzene rings is 2. The van der Waals surface area contributed by atoms with Crippen molar-refractivity contribution in [3.8, 4) is 11.5 Å². The van der Waals surface area contributed by atoms with E-state index in [-0.39, 0.29) is 5.38 Å². The first-order chi connectivity index (χ1) is 9.56. The van der Waals surface area contributed by atoms with Crippen molar-refractivity contribution in [2.45, 2.75) is 12.3 Å². The molecule has 0 bridgehead atoms. The van der Waals surface area contributed by atoms with Crippen molar-refractivity contribution in [2.24, 2.45) is 0 Å². The Morgan fingerprint density at radius 3 is 2.40 bits per heavy atom. The average molecular weight is 356 g/mol. The van der Waals surface area contributed by atoms with Crippen molar-refractivity contribution in [1.29, 1.82) is 0 Å². The van der Waals surface area contributed by atoms with E-state index >= 15 is 0 Å². The number of hydrogen-bond acceptors (Lipinski definition) is 2. The van der Waals surface area contributed by atoms with Gasteiger partial charge in [-0.25, -0.2) is 0 Å². The van der Waals surface area contributed by atoms with Crippen LogP contribution in [0.5, 0.6) is 11.5 Å². The average Bonchev–Trinajstić information content (AvgIpc) is 2.48. The minimum Gasteiger partial charge on any atom is -0.497 e. The fraction of sp³-hybridized carbons (Fsp3) is 0.250. The number of methoxy groups -OCH3 is 2. The SMILES string of the molecule is COc1ccc(C(Cl)c2cc(C)ccc2Br)c(OC)c1. The Balaban J connectivity index is 2.47. The van der Waals surface area contributed by atoms with E-state index in [2.05, 4.69) is 22.0 Å². The second-order valence-corrected chi connectivity index (χ2v) is 5.79. The Hall–Kier alpha value is -1.19. The number of alkyl halides is 1. The maximum atomic E-state index is 6.64. The highest BCUT2D eigenvalue weighted by molar-refractivity contribution is 9.10. The van der Waals surface area contributed by atoms with Crippen LogP contribution in [0.1, 0.15) is 22.1 Å². The predicted molar refractivity (Wildman–Crippen MR) is 86.1 cm³/mol. The number of aryl methyl sites for hydroxylation is 1. The predicted octanol–water partition coefficient (Wildman–Crippen LogP) is 5.10. The lowest BCUT2D eigenvalue weighted by Gasteiger charge is -2.17. The largest absolute Gasteiger partial charge is 0.497 e. The van der Waals surface area contributed by atoms with Crippen molar-refractivity contribution >= 4 is 27.5 Å². The van der Waals surface area contributed by atoms with Crippen molar-refractivity contribution < 1.29 is 9.47 Å². The maximum absolute atomic E-state index is 6.64. The molecule has 1 atom stereocenters. The van der Waals surface area contributed by atoms with Gasteiger partial charge < -0.3 is 9.47 Å². The fourth-order valence-corrected chi connectivity index (χ4v) is 3.02. The number of ether oxygens (including phenoxy) is 2. The molecule has 0 N–H and O–H groups in total. The maximum Gasteiger partial charge on any atom is 0.127 e. The molecule has 0 heterocycles. The smallest absolute Gasteiger partial charge is 0.127 e. The quantitative estimate of drug-likeness (QED) is 0.710. The zero-order chi connectivity index (χ0) is 14.7. The summed E-state index contributed by atoms with van der Waals surface area (Å²) in [6.07, 6.45) is 0. The normalized spacial score (nSPS) is 12.1. The molecule has 4 heteroatoms. The molecule has 2 aromatic carbocycles. The van der Waals surface area contributed by atoms with Crippen molar-refractivity contribution in [1.82, 2.24) is 0 Å². The number of hydrogen-bond donors (Lipinski definition) is 0. The fourth-order valence-electron chi connectivity index (χ4n) is 2.05. The van der Waals surface area contributed by atoms with Gasteiger partial charge in [0, 0.05) is 16.1 Å². The first-order valence-electron chi connectivity index (χ1n) is 6.19. The van der Waals surface area contributed by atoms with Crippen LogP contribution >= 0.6 is 27.5 Å². The summed E-state index contributed by atoms with van der Waals surface area (Å²) in [4.78, 5) is 0. The topological polar surface area (TPSA) is 18.5 Å². The summed E-state index contributed by atoms with van der Waals surface area (Å²) in [6.45, 7) is 2.05. The van der Waals surface area contributed by atoms with Gasteiger partial charge in [-0.15, -0.1) is 11.6 Å². The molecule has 2 nitrogen and oxygen atoms in total. The van der Waals surface area contributed by atoms with Crippen LogP contribution in [0.25, 0.3) is 0 Å². The van der Waals surface area contributed by atoms with E-state index in [0.717, 1.165) is 27.1 Å². The van der Waals surface area contributed by atoms with Gasteiger partial charge in [0.15, 0.2) is 0 Å². The molecular weight excluding hydrogens is 340 g/mol. The molecule has 0 amide bonds. The van der Waals surface area contributed by atoms with Gasteiger partial charge in [0.25, 0.3) is 0 Å². The summed E-state index contributed by atoms with van der Waals surface area (Å²) in [5, 5.41) is -0.287. The third-order valence-corrected chi connectivity index (χ3v) is 4.33. The molecule has 0 aliphatic heterocycles. The molecule has 106 valence electrons. The van der Waals surface area contributed by atoms with Crippen LogP contribution in [-0.2, 0) is 0 Å². The summed E-state index contributed by atoms with van der Waals surface area (Å²) in [6, 6.07) is 11.8. The Bertz CT molecular complexity index is 613. The Morgan fingerprint density at radius 2 is 1.75 bits per heavy atom. The lowest BCUT2D eigenvalue weighted by atomic mass is 10.0. The molecule has 0 saturated carbocycles. The van der Waals surface area contributed by atoms with E-state index < -0.39 is 0 Å². The first kappa shape index (κ1) is 15.2. The summed E-state index contributed by atoms with van der Waals surface area (Å²) < 4.78 is 11.6. The van der Waals surface area contributed by atoms with Gasteiger partial charge in [0.2, 0.25) is 0 Å². The van der Waals surface area contributed by atoms with Crippen LogP contribution in [-0.4, -0.2) is 14.2 Å². The molecule has 1 unspecified atom stereocenters. The summed E-state index contributed by atoms with van der Waals surface area (Å²) >= 11 is 10.2. The molecular formula is C16H16BrClO2. The van der Waals surface area contributed by atoms with Crippen LogP contribution < -0.4 is 9.47 Å². The van der Waals surface area contributed by atoms with Gasteiger partial charge in [0.05, 0.1) is 19.6 Å². The lowest BCUT2D eigenvalue weighted by Crippen LogP contribution is -1.99. The van der Waals surface area contributed by atoms with Crippen LogP contribution in [0.2, 0.25) is 0 Å². The number of halogens is 2. The molecule has 0 radical (unpaired) electrons. The molecule has 2 aromatic rings. The molecule has 0 fully saturated rings. The van der Waals surface area contributed by atoms with E-state index in [1.54, 1.807) is 14.2 Å². The molecule has 0 aliphatic carbocycles. The van der Waals surface area contributed by atoms with E-state index in [9.17, 15) is 0 Å². The van der Waals surface area contributed by atoms with Crippen molar-refractivity contribution in [2.75, 3.05) is 14.2 Å². The van der Waals surface area contributed by atoms with Gasteiger partial charge in [-0.2, -0.15) is 0 Å². The second-order valence-electron chi connectivity index (χ2n) is 4.50. The zero-order valence-corrected chi connectivity index (χ0v) is 14.0. The van der Waals surface area contributed by atoms with Crippen molar-refractivity contribution in [3.63, 3.8) is 0 Å². The van der Waals surface area contributed by atoms with E-state index in [1.807, 2.05) is 37.3 Å². The van der Waals surface area contributed by atoms with Crippen LogP contribution in [0.3, 0.4) is 0 Å². The highest BCUT2D eigenvalue weighted by Crippen LogP contribution is 2.39. The zero-order valence-electron chi connectivity index (χ0n) is 11.6. The van der Waals surface area contributed by atoms with Gasteiger partial charge in [0.1, 0.15) is 11.5 Å². The minimum atomic E-state index is -0.287. The molecule has 0 saturated heterocycles. The van der Waals surface area contributed by atoms with Crippen LogP contribution in [0, 0.1) is 6.92 Å². The highest BCUT2D eigenvalue weighted by atomic mass is 79.9. The Labute approximate surface area is 132 Å². The van der Waals surface area contributed by atoms with Crippen molar-refractivity contribution in [3.05, 3.63) is 57.6 Å². The second kappa shape index (κ2) is 6.51. The highest BCUT2D eigenvalue weighted by Gasteiger charge is 2.18. The Morgan fingerprint density at radius 1 is 1.00 bits per heavy atom. The third-order valence-electron chi connectivity index (χ3n) is 3.14. The Kier molecular flexibility index (Phi) is 4.95. The standard InChI is InChI=1S/C16H16BrClO2/c1-10-4-7-14(17)13(8-10)16(18)12-6-5-11(19-2)9-15(12)20-3/h4-9,16H,1-3H3. The number of rotatable bonds is 4. The van der Waals surface area contributed by atoms with Gasteiger partial charge in [-0.1, -0.05) is 33.6 Å². The summed E-state index contributed by atoms with van der Waals surface area (Å²) in [5.74, 6) is 1.47. The molecule has 0 spiro atoms. The monoisotopic (exact) mass is 354 g/mol. The van der Waals surface area contributed by atoms with Crippen LogP contribution in [0.4, 0.5) is 0 Å². The minimum absolute atomic E-state index is 0.287. The van der Waals surface area contributed by atoms with E-state index in [4.69, 9.17) is 21.1 Å². The molecule has 2 rings (SSSR count). The van der Waals surface area contributed by atoms with Gasteiger partial charge >= 0.3 is 0 Å². The van der Waals surface area contributed by atoms with E-state index in [0.29, 0.717) is 0 Å². The summed E-state index contributed by atoms with van der Waals surface area (Å²) in [5.41, 5.74) is 3.11. The molecule has 0 aliphatic rings. The van der Waals surface area contributed by atoms with Gasteiger partial charge in [-0.05, 0) is 30.7 Å². The van der Waals surface area contributed by atoms with E-state index in [1.165, 1.54) is 5.56 Å². The first-order valence-corrected chi connectivity index (χ1v) is 7.41. The summed E-state index contributed by atoms with van der Waals surface area (Å²) in [7, 11) is 3.26. The molecule has 0 aromatic heterocycles. The molecule has 20 heavy (non-hydrogen) atoms.